The molecule has 4 nitrogen and oxygen atoms in total. The van der Waals surface area contributed by atoms with E-state index in [1.165, 1.54) is 32.5 Å². The van der Waals surface area contributed by atoms with Crippen LogP contribution in [0.3, 0.4) is 0 Å². The maximum atomic E-state index is 6.02. The van der Waals surface area contributed by atoms with Gasteiger partial charge in [-0.2, -0.15) is 0 Å². The molecular weight excluding hydrogens is 364 g/mol. The Kier molecular flexibility index (Phi) is 6.92. The second-order valence-electron chi connectivity index (χ2n) is 7.55. The molecule has 1 aromatic rings. The molecule has 3 fully saturated rings. The number of rotatable bonds is 7. The summed E-state index contributed by atoms with van der Waals surface area (Å²) in [4.78, 5) is 5.03. The zero-order valence-electron chi connectivity index (χ0n) is 15.5. The van der Waals surface area contributed by atoms with Gasteiger partial charge in [-0.1, -0.05) is 23.7 Å². The van der Waals surface area contributed by atoms with E-state index < -0.39 is 0 Å². The average molecular weight is 393 g/mol. The Morgan fingerprint density at radius 2 is 2.35 bits per heavy atom. The molecule has 1 aromatic carbocycles. The van der Waals surface area contributed by atoms with Gasteiger partial charge in [-0.25, -0.2) is 0 Å². The number of hydrogen-bond acceptors (Lipinski definition) is 3. The lowest BCUT2D eigenvalue weighted by Crippen LogP contribution is -2.58. The molecule has 0 spiro atoms. The number of nitrogens with one attached hydrogen (secondary N) is 2. The lowest BCUT2D eigenvalue weighted by molar-refractivity contribution is -0.00663. The van der Waals surface area contributed by atoms with Crippen molar-refractivity contribution in [3.8, 4) is 0 Å². The smallest absolute Gasteiger partial charge is 0.170 e. The highest BCUT2D eigenvalue weighted by Crippen LogP contribution is 2.36. The van der Waals surface area contributed by atoms with Crippen molar-refractivity contribution in [2.45, 2.75) is 18.9 Å². The summed E-state index contributed by atoms with van der Waals surface area (Å²) < 4.78 is 0. The molecule has 3 aliphatic rings. The van der Waals surface area contributed by atoms with Gasteiger partial charge in [0.2, 0.25) is 0 Å². The first kappa shape index (κ1) is 19.6. The summed E-state index contributed by atoms with van der Waals surface area (Å²) in [6.07, 6.45) is 4.58. The van der Waals surface area contributed by atoms with E-state index in [-0.39, 0.29) is 0 Å². The number of nitrogens with zero attached hydrogens (tertiary/aromatic N) is 2. The van der Waals surface area contributed by atoms with E-state index in [1.54, 1.807) is 0 Å². The van der Waals surface area contributed by atoms with E-state index in [4.69, 9.17) is 23.8 Å². The van der Waals surface area contributed by atoms with Crippen LogP contribution in [-0.2, 0) is 0 Å². The zero-order chi connectivity index (χ0) is 18.5. The van der Waals surface area contributed by atoms with E-state index in [0.29, 0.717) is 16.2 Å². The van der Waals surface area contributed by atoms with Gasteiger partial charge in [-0.3, -0.25) is 4.90 Å². The van der Waals surface area contributed by atoms with Gasteiger partial charge < -0.3 is 15.5 Å². The van der Waals surface area contributed by atoms with E-state index >= 15 is 0 Å². The van der Waals surface area contributed by atoms with Crippen LogP contribution in [0.15, 0.2) is 36.9 Å². The van der Waals surface area contributed by atoms with Crippen LogP contribution in [0.1, 0.15) is 12.8 Å². The predicted octanol–water partition coefficient (Wildman–Crippen LogP) is 3.45. The van der Waals surface area contributed by atoms with Crippen molar-refractivity contribution >= 4 is 34.6 Å². The standard InChI is InChI=1S/C20H29ClN4S/c1-3-8-24(2)13-16-14-25-9-7-15(16)10-19(25)12-22-20(26)23-18-6-4-5-17(21)11-18/h3-6,11,15-16,19H,1,7-10,12-14H2,2H3,(H2,22,23,26)/t15-,16+,19+/m0/s1. The second kappa shape index (κ2) is 9.18. The van der Waals surface area contributed by atoms with Gasteiger partial charge in [-0.05, 0) is 68.7 Å². The first-order valence-electron chi connectivity index (χ1n) is 9.39. The summed E-state index contributed by atoms with van der Waals surface area (Å²) >= 11 is 11.5. The van der Waals surface area contributed by atoms with Crippen LogP contribution >= 0.6 is 23.8 Å². The van der Waals surface area contributed by atoms with Crippen LogP contribution in [0.2, 0.25) is 5.02 Å². The van der Waals surface area contributed by atoms with Gasteiger partial charge in [0.1, 0.15) is 0 Å². The molecule has 4 rings (SSSR count). The molecule has 3 saturated heterocycles. The first-order valence-corrected chi connectivity index (χ1v) is 10.2. The third-order valence-electron chi connectivity index (χ3n) is 5.58. The SMILES string of the molecule is C=CCN(C)C[C@@H]1CN2CC[C@H]1C[C@@H]2CNC(=S)Nc1cccc(Cl)c1. The van der Waals surface area contributed by atoms with E-state index in [0.717, 1.165) is 30.6 Å². The van der Waals surface area contributed by atoms with Crippen LogP contribution in [-0.4, -0.2) is 60.7 Å². The van der Waals surface area contributed by atoms with Crippen LogP contribution in [0.25, 0.3) is 0 Å². The predicted molar refractivity (Wildman–Crippen MR) is 115 cm³/mol. The maximum absolute atomic E-state index is 6.02. The Morgan fingerprint density at radius 1 is 1.50 bits per heavy atom. The van der Waals surface area contributed by atoms with Gasteiger partial charge in [0.15, 0.2) is 5.11 Å². The fourth-order valence-corrected chi connectivity index (χ4v) is 4.71. The molecule has 0 amide bonds. The fourth-order valence-electron chi connectivity index (χ4n) is 4.32. The summed E-state index contributed by atoms with van der Waals surface area (Å²) in [5.41, 5.74) is 0.922. The lowest BCUT2D eigenvalue weighted by Gasteiger charge is -2.50. The first-order chi connectivity index (χ1) is 12.5. The molecular formula is C20H29ClN4S. The molecule has 2 N–H and O–H groups in total. The summed E-state index contributed by atoms with van der Waals surface area (Å²) in [6, 6.07) is 8.21. The van der Waals surface area contributed by atoms with Crippen molar-refractivity contribution < 1.29 is 0 Å². The Labute approximate surface area is 167 Å². The highest BCUT2D eigenvalue weighted by atomic mass is 35.5. The minimum absolute atomic E-state index is 0.578. The normalized spacial score (nSPS) is 27.3. The van der Waals surface area contributed by atoms with E-state index in [2.05, 4.69) is 34.1 Å². The van der Waals surface area contributed by atoms with Gasteiger partial charge >= 0.3 is 0 Å². The molecule has 0 aliphatic carbocycles. The molecule has 6 heteroatoms. The monoisotopic (exact) mass is 392 g/mol. The second-order valence-corrected chi connectivity index (χ2v) is 8.39. The van der Waals surface area contributed by atoms with Crippen molar-refractivity contribution in [2.24, 2.45) is 11.8 Å². The topological polar surface area (TPSA) is 30.5 Å². The average Bonchev–Trinajstić information content (AvgIpc) is 2.61. The van der Waals surface area contributed by atoms with Crippen molar-refractivity contribution in [3.05, 3.63) is 41.9 Å². The largest absolute Gasteiger partial charge is 0.361 e. The number of anilines is 1. The lowest BCUT2D eigenvalue weighted by atomic mass is 9.75. The van der Waals surface area contributed by atoms with Crippen LogP contribution in [0, 0.1) is 11.8 Å². The molecule has 3 aliphatic heterocycles. The van der Waals surface area contributed by atoms with Crippen LogP contribution < -0.4 is 10.6 Å². The highest BCUT2D eigenvalue weighted by molar-refractivity contribution is 7.80. The Morgan fingerprint density at radius 3 is 3.04 bits per heavy atom. The molecule has 2 bridgehead atoms. The van der Waals surface area contributed by atoms with E-state index in [9.17, 15) is 0 Å². The molecule has 0 saturated carbocycles. The highest BCUT2D eigenvalue weighted by Gasteiger charge is 2.39. The number of thiocarbonyl (C=S) groups is 1. The molecule has 142 valence electrons. The van der Waals surface area contributed by atoms with Crippen LogP contribution in [0.5, 0.6) is 0 Å². The zero-order valence-corrected chi connectivity index (χ0v) is 17.0. The number of piperidine rings is 3. The summed E-state index contributed by atoms with van der Waals surface area (Å²) in [5, 5.41) is 7.98. The Hall–Kier alpha value is -1.14. The van der Waals surface area contributed by atoms with Crippen LogP contribution in [0.4, 0.5) is 5.69 Å². The number of likely N-dealkylation sites (N-methyl/N-ethyl adjacent to an activating group) is 1. The number of hydrogen-bond donors (Lipinski definition) is 2. The molecule has 26 heavy (non-hydrogen) atoms. The summed E-state index contributed by atoms with van der Waals surface area (Å²) in [7, 11) is 2.19. The van der Waals surface area contributed by atoms with E-state index in [1.807, 2.05) is 30.3 Å². The summed E-state index contributed by atoms with van der Waals surface area (Å²) in [5.74, 6) is 1.61. The van der Waals surface area contributed by atoms with Crippen molar-refractivity contribution in [1.29, 1.82) is 0 Å². The number of benzene rings is 1. The molecule has 0 aromatic heterocycles. The quantitative estimate of drug-likeness (QED) is 0.548. The summed E-state index contributed by atoms with van der Waals surface area (Å²) in [6.45, 7) is 9.30. The number of fused-ring (bicyclic) bond motifs is 3. The fraction of sp³-hybridized carbons (Fsp3) is 0.550. The number of halogens is 1. The third-order valence-corrected chi connectivity index (χ3v) is 6.06. The third kappa shape index (κ3) is 5.19. The molecule has 4 atom stereocenters. The van der Waals surface area contributed by atoms with Crippen molar-refractivity contribution in [3.63, 3.8) is 0 Å². The minimum atomic E-state index is 0.578. The Bertz CT molecular complexity index is 638. The Balaban J connectivity index is 1.45. The molecule has 0 radical (unpaired) electrons. The van der Waals surface area contributed by atoms with Gasteiger partial charge in [0.05, 0.1) is 0 Å². The van der Waals surface area contributed by atoms with Crippen molar-refractivity contribution in [2.75, 3.05) is 45.1 Å². The maximum Gasteiger partial charge on any atom is 0.170 e. The van der Waals surface area contributed by atoms with Crippen molar-refractivity contribution in [1.82, 2.24) is 15.1 Å². The minimum Gasteiger partial charge on any atom is -0.361 e. The molecule has 3 heterocycles. The van der Waals surface area contributed by atoms with Gasteiger partial charge in [0, 0.05) is 42.9 Å². The van der Waals surface area contributed by atoms with Gasteiger partial charge in [0.25, 0.3) is 0 Å². The van der Waals surface area contributed by atoms with Gasteiger partial charge in [-0.15, -0.1) is 6.58 Å². The molecule has 1 unspecified atom stereocenters.